The second kappa shape index (κ2) is 7.01. The Morgan fingerprint density at radius 1 is 1.17 bits per heavy atom. The van der Waals surface area contributed by atoms with E-state index in [-0.39, 0.29) is 27.6 Å². The molecule has 0 saturated carbocycles. The van der Waals surface area contributed by atoms with E-state index in [0.717, 1.165) is 45.6 Å². The van der Waals surface area contributed by atoms with Crippen LogP contribution in [-0.4, -0.2) is 46.5 Å². The van der Waals surface area contributed by atoms with E-state index < -0.39 is 5.82 Å². The molecule has 8 heteroatoms. The number of anilines is 1. The van der Waals surface area contributed by atoms with Gasteiger partial charge in [0, 0.05) is 19.7 Å². The lowest BCUT2D eigenvalue weighted by atomic mass is 9.78. The molecule has 2 N–H and O–H groups in total. The van der Waals surface area contributed by atoms with Gasteiger partial charge in [0.15, 0.2) is 11.3 Å². The molecule has 29 heavy (non-hydrogen) atoms. The van der Waals surface area contributed by atoms with Crippen LogP contribution in [0.4, 0.5) is 10.3 Å². The van der Waals surface area contributed by atoms with Gasteiger partial charge in [0.1, 0.15) is 11.2 Å². The summed E-state index contributed by atoms with van der Waals surface area (Å²) in [6.45, 7) is 3.32. The van der Waals surface area contributed by atoms with E-state index in [1.165, 1.54) is 6.07 Å². The largest absolute Gasteiger partial charge is 0.381 e. The van der Waals surface area contributed by atoms with Crippen LogP contribution in [0.2, 0.25) is 0 Å². The van der Waals surface area contributed by atoms with Gasteiger partial charge in [-0.05, 0) is 42.7 Å². The maximum absolute atomic E-state index is 13.8. The number of ether oxygens (including phenoxy) is 1. The van der Waals surface area contributed by atoms with Crippen LogP contribution >= 0.6 is 0 Å². The Balaban J connectivity index is 1.42. The van der Waals surface area contributed by atoms with Crippen molar-refractivity contribution < 1.29 is 9.13 Å². The van der Waals surface area contributed by atoms with Gasteiger partial charge in [0.2, 0.25) is 5.95 Å². The molecule has 2 aromatic heterocycles. The smallest absolute Gasteiger partial charge is 0.264 e. The molecular formula is C21H20FN5O2. The minimum atomic E-state index is -0.412. The summed E-state index contributed by atoms with van der Waals surface area (Å²) in [6, 6.07) is 6.23. The highest BCUT2D eigenvalue weighted by molar-refractivity contribution is 5.80. The zero-order valence-electron chi connectivity index (χ0n) is 15.8. The van der Waals surface area contributed by atoms with Crippen LogP contribution < -0.4 is 10.5 Å². The predicted octanol–water partition coefficient (Wildman–Crippen LogP) is 2.19. The number of benzene rings is 1. The maximum Gasteiger partial charge on any atom is 0.264 e. The number of nitrogens with zero attached hydrogens (tertiary/aromatic N) is 3. The number of H-pyrrole nitrogens is 2. The van der Waals surface area contributed by atoms with E-state index in [2.05, 4.69) is 36.9 Å². The van der Waals surface area contributed by atoms with Gasteiger partial charge in [-0.15, -0.1) is 0 Å². The second-order valence-corrected chi connectivity index (χ2v) is 7.70. The van der Waals surface area contributed by atoms with Crippen LogP contribution in [0, 0.1) is 23.1 Å². The summed E-state index contributed by atoms with van der Waals surface area (Å²) in [5.74, 6) is 5.63. The molecule has 2 fully saturated rings. The molecule has 7 nitrogen and oxygen atoms in total. The topological polar surface area (TPSA) is 86.9 Å². The van der Waals surface area contributed by atoms with Gasteiger partial charge in [-0.1, -0.05) is 18.1 Å². The third kappa shape index (κ3) is 3.28. The zero-order chi connectivity index (χ0) is 19.8. The number of aromatic amines is 2. The quantitative estimate of drug-likeness (QED) is 0.619. The van der Waals surface area contributed by atoms with Crippen molar-refractivity contribution in [3.63, 3.8) is 0 Å². The number of piperidine rings is 1. The summed E-state index contributed by atoms with van der Waals surface area (Å²) in [7, 11) is 0. The molecule has 148 valence electrons. The molecule has 4 heterocycles. The second-order valence-electron chi connectivity index (χ2n) is 7.70. The lowest BCUT2D eigenvalue weighted by Gasteiger charge is -2.38. The van der Waals surface area contributed by atoms with Crippen LogP contribution in [-0.2, 0) is 4.74 Å². The Morgan fingerprint density at radius 3 is 2.76 bits per heavy atom. The van der Waals surface area contributed by atoms with Crippen molar-refractivity contribution in [1.82, 2.24) is 20.2 Å². The van der Waals surface area contributed by atoms with E-state index in [1.807, 2.05) is 0 Å². The predicted molar refractivity (Wildman–Crippen MR) is 106 cm³/mol. The molecule has 2 aliphatic rings. The molecule has 1 spiro atoms. The highest BCUT2D eigenvalue weighted by Crippen LogP contribution is 2.39. The lowest BCUT2D eigenvalue weighted by molar-refractivity contribution is 0.133. The van der Waals surface area contributed by atoms with Crippen molar-refractivity contribution >= 4 is 17.0 Å². The highest BCUT2D eigenvalue weighted by Gasteiger charge is 2.38. The number of hydrogen-bond acceptors (Lipinski definition) is 5. The number of rotatable bonds is 1. The number of aromatic nitrogens is 4. The highest BCUT2D eigenvalue weighted by atomic mass is 19.1. The van der Waals surface area contributed by atoms with Crippen LogP contribution in [0.3, 0.4) is 0 Å². The fourth-order valence-corrected chi connectivity index (χ4v) is 4.09. The van der Waals surface area contributed by atoms with Gasteiger partial charge in [0.25, 0.3) is 5.56 Å². The monoisotopic (exact) mass is 393 g/mol. The first-order valence-corrected chi connectivity index (χ1v) is 9.71. The van der Waals surface area contributed by atoms with Gasteiger partial charge in [-0.3, -0.25) is 14.9 Å². The van der Waals surface area contributed by atoms with Crippen molar-refractivity contribution in [2.24, 2.45) is 5.41 Å². The van der Waals surface area contributed by atoms with Gasteiger partial charge in [-0.2, -0.15) is 10.1 Å². The Morgan fingerprint density at radius 2 is 2.00 bits per heavy atom. The SMILES string of the molecule is O=c1[nH]c(N2CCC3(CCOC3)CC2)nc2[nH]nc(C#Cc3ccccc3F)c12. The Labute approximate surface area is 166 Å². The number of halogens is 1. The Kier molecular flexibility index (Phi) is 4.32. The van der Waals surface area contributed by atoms with Gasteiger partial charge in [-0.25, -0.2) is 4.39 Å². The summed E-state index contributed by atoms with van der Waals surface area (Å²) < 4.78 is 19.3. The van der Waals surface area contributed by atoms with Crippen molar-refractivity contribution in [2.75, 3.05) is 31.2 Å². The van der Waals surface area contributed by atoms with Crippen molar-refractivity contribution in [1.29, 1.82) is 0 Å². The van der Waals surface area contributed by atoms with Crippen LogP contribution in [0.1, 0.15) is 30.5 Å². The summed E-state index contributed by atoms with van der Waals surface area (Å²) in [6.07, 6.45) is 3.16. The first kappa shape index (κ1) is 17.9. The molecule has 0 unspecified atom stereocenters. The van der Waals surface area contributed by atoms with Crippen LogP contribution in [0.5, 0.6) is 0 Å². The lowest BCUT2D eigenvalue weighted by Crippen LogP contribution is -2.41. The summed E-state index contributed by atoms with van der Waals surface area (Å²) in [5, 5.41) is 7.18. The fraction of sp³-hybridized carbons (Fsp3) is 0.381. The first-order valence-electron chi connectivity index (χ1n) is 9.71. The summed E-state index contributed by atoms with van der Waals surface area (Å²) in [4.78, 5) is 22.2. The Hall–Kier alpha value is -3.18. The minimum absolute atomic E-state index is 0.253. The summed E-state index contributed by atoms with van der Waals surface area (Å²) >= 11 is 0. The third-order valence-electron chi connectivity index (χ3n) is 5.92. The minimum Gasteiger partial charge on any atom is -0.381 e. The normalized spacial score (nSPS) is 18.2. The van der Waals surface area contributed by atoms with Gasteiger partial charge >= 0.3 is 0 Å². The fourth-order valence-electron chi connectivity index (χ4n) is 4.09. The molecule has 0 aliphatic carbocycles. The van der Waals surface area contributed by atoms with E-state index in [4.69, 9.17) is 4.74 Å². The van der Waals surface area contributed by atoms with E-state index in [1.54, 1.807) is 18.2 Å². The zero-order valence-corrected chi connectivity index (χ0v) is 15.8. The molecule has 3 aromatic rings. The number of fused-ring (bicyclic) bond motifs is 1. The number of hydrogen-bond donors (Lipinski definition) is 2. The molecule has 0 bridgehead atoms. The van der Waals surface area contributed by atoms with Crippen LogP contribution in [0.25, 0.3) is 11.0 Å². The molecule has 0 atom stereocenters. The number of nitrogens with one attached hydrogen (secondary N) is 2. The molecule has 2 aliphatic heterocycles. The molecule has 5 rings (SSSR count). The van der Waals surface area contributed by atoms with E-state index in [0.29, 0.717) is 11.6 Å². The van der Waals surface area contributed by atoms with Crippen molar-refractivity contribution in [3.05, 3.63) is 51.7 Å². The first-order chi connectivity index (χ1) is 14.1. The van der Waals surface area contributed by atoms with Crippen molar-refractivity contribution in [2.45, 2.75) is 19.3 Å². The molecule has 1 aromatic carbocycles. The average molecular weight is 393 g/mol. The molecule has 2 saturated heterocycles. The molecule has 0 amide bonds. The maximum atomic E-state index is 13.8. The van der Waals surface area contributed by atoms with Crippen LogP contribution in [0.15, 0.2) is 29.1 Å². The molecule has 0 radical (unpaired) electrons. The summed E-state index contributed by atoms with van der Waals surface area (Å²) in [5.41, 5.74) is 0.865. The third-order valence-corrected chi connectivity index (χ3v) is 5.92. The van der Waals surface area contributed by atoms with Gasteiger partial charge in [0.05, 0.1) is 12.2 Å². The van der Waals surface area contributed by atoms with E-state index in [9.17, 15) is 9.18 Å². The standard InChI is InChI=1S/C21H20FN5O2/c22-15-4-2-1-3-14(15)5-6-16-17-18(26-25-16)23-20(24-19(17)28)27-10-7-21(8-11-27)9-12-29-13-21/h1-4H,7-13H2,(H2,23,24,25,26,28). The Bertz CT molecular complexity index is 1170. The van der Waals surface area contributed by atoms with Gasteiger partial charge < -0.3 is 9.64 Å². The van der Waals surface area contributed by atoms with E-state index >= 15 is 0 Å². The van der Waals surface area contributed by atoms with Crippen molar-refractivity contribution in [3.8, 4) is 11.8 Å². The molecular weight excluding hydrogens is 373 g/mol. The average Bonchev–Trinajstić information content (AvgIpc) is 3.35.